The molecule has 41 heavy (non-hydrogen) atoms. The van der Waals surface area contributed by atoms with Crippen LogP contribution in [-0.2, 0) is 9.47 Å². The van der Waals surface area contributed by atoms with Crippen LogP contribution in [0.2, 0.25) is 0 Å². The Morgan fingerprint density at radius 1 is 1.15 bits per heavy atom. The number of carbonyl (C=O) groups excluding carboxylic acids is 1. The van der Waals surface area contributed by atoms with Crippen molar-refractivity contribution in [2.45, 2.75) is 82.2 Å². The van der Waals surface area contributed by atoms with Crippen molar-refractivity contribution in [1.82, 2.24) is 25.1 Å². The molecule has 0 saturated carbocycles. The molecule has 13 heteroatoms. The molecule has 226 valence electrons. The van der Waals surface area contributed by atoms with Crippen molar-refractivity contribution in [3.8, 4) is 0 Å². The van der Waals surface area contributed by atoms with Gasteiger partial charge >= 0.3 is 6.18 Å². The Morgan fingerprint density at radius 2 is 1.95 bits per heavy atom. The Hall–Kier alpha value is -2.77. The molecular weight excluding hydrogens is 544 g/mol. The summed E-state index contributed by atoms with van der Waals surface area (Å²) in [6.45, 7) is 4.21. The molecule has 5 heterocycles. The van der Waals surface area contributed by atoms with Crippen molar-refractivity contribution in [1.29, 1.82) is 0 Å². The lowest BCUT2D eigenvalue weighted by Gasteiger charge is -2.38. The summed E-state index contributed by atoms with van der Waals surface area (Å²) < 4.78 is 64.3. The maximum Gasteiger partial charge on any atom is 0.416 e. The third kappa shape index (κ3) is 7.36. The molecule has 9 nitrogen and oxygen atoms in total. The Balaban J connectivity index is 1.11. The summed E-state index contributed by atoms with van der Waals surface area (Å²) in [7, 11) is 0. The number of likely N-dealkylation sites (tertiary alicyclic amines) is 1. The van der Waals surface area contributed by atoms with E-state index in [1.54, 1.807) is 9.80 Å². The zero-order valence-corrected chi connectivity index (χ0v) is 23.2. The topological polar surface area (TPSA) is 91.8 Å². The Kier molecular flexibility index (Phi) is 9.45. The maximum absolute atomic E-state index is 14.1. The number of halogens is 4. The van der Waals surface area contributed by atoms with E-state index in [0.717, 1.165) is 38.2 Å². The molecule has 0 radical (unpaired) electrons. The van der Waals surface area contributed by atoms with Gasteiger partial charge in [0.05, 0.1) is 18.3 Å². The van der Waals surface area contributed by atoms with E-state index in [-0.39, 0.29) is 43.5 Å². The smallest absolute Gasteiger partial charge is 0.378 e. The second-order valence-corrected chi connectivity index (χ2v) is 11.1. The van der Waals surface area contributed by atoms with Crippen LogP contribution in [0.5, 0.6) is 0 Å². The third-order valence-electron chi connectivity index (χ3n) is 8.29. The molecule has 4 aliphatic heterocycles. The van der Waals surface area contributed by atoms with Gasteiger partial charge in [0.2, 0.25) is 0 Å². The predicted octanol–water partition coefficient (Wildman–Crippen LogP) is 3.73. The standard InChI is InChI=1S/C28H38F4N6O3/c1-18-25(27(39)38-12-7-20(8-13-38)36-23-9-14-40-16-22(23)29)34-17-35-26(18)33-15-21-3-2-4-24(41-21)37-10-5-19(6-11-37)28(30,31)32/h5-6,10,17,20-24,36H,2-4,7-9,11-16H2,1H3,(H,33,34,35)/t21-,22?,23?,24+/m1/s1. The molecule has 1 aromatic rings. The first kappa shape index (κ1) is 29.7. The molecule has 4 aliphatic rings. The molecule has 3 fully saturated rings. The van der Waals surface area contributed by atoms with Crippen molar-refractivity contribution in [3.63, 3.8) is 0 Å². The first-order valence-electron chi connectivity index (χ1n) is 14.4. The van der Waals surface area contributed by atoms with Crippen LogP contribution in [0.15, 0.2) is 30.3 Å². The van der Waals surface area contributed by atoms with Crippen LogP contribution in [-0.4, -0.2) is 102 Å². The van der Waals surface area contributed by atoms with Crippen LogP contribution in [0.3, 0.4) is 0 Å². The van der Waals surface area contributed by atoms with Crippen LogP contribution >= 0.6 is 0 Å². The summed E-state index contributed by atoms with van der Waals surface area (Å²) in [6.07, 6.45) is 3.83. The second-order valence-electron chi connectivity index (χ2n) is 11.1. The minimum absolute atomic E-state index is 0.130. The Morgan fingerprint density at radius 3 is 2.66 bits per heavy atom. The zero-order valence-electron chi connectivity index (χ0n) is 23.2. The van der Waals surface area contributed by atoms with Gasteiger partial charge in [0, 0.05) is 56.6 Å². The number of nitrogens with one attached hydrogen (secondary N) is 2. The SMILES string of the molecule is Cc1c(NC[C@H]2CCC[C@@H](N3C=CC(C(F)(F)F)=CC3)O2)ncnc1C(=O)N1CCC(NC2CCOCC2F)CC1. The fraction of sp³-hybridized carbons (Fsp3) is 0.679. The van der Waals surface area contributed by atoms with Crippen molar-refractivity contribution in [2.24, 2.45) is 0 Å². The van der Waals surface area contributed by atoms with Gasteiger partial charge in [0.25, 0.3) is 5.91 Å². The number of aromatic nitrogens is 2. The van der Waals surface area contributed by atoms with Crippen molar-refractivity contribution < 1.29 is 31.8 Å². The molecule has 3 saturated heterocycles. The molecule has 0 aromatic carbocycles. The van der Waals surface area contributed by atoms with Gasteiger partial charge in [-0.25, -0.2) is 14.4 Å². The van der Waals surface area contributed by atoms with Crippen LogP contribution in [0.25, 0.3) is 0 Å². The van der Waals surface area contributed by atoms with Gasteiger partial charge in [0.15, 0.2) is 0 Å². The van der Waals surface area contributed by atoms with Gasteiger partial charge in [-0.1, -0.05) is 6.08 Å². The molecular formula is C28H38F4N6O3. The molecule has 2 N–H and O–H groups in total. The van der Waals surface area contributed by atoms with E-state index in [0.29, 0.717) is 49.7 Å². The molecule has 4 atom stereocenters. The van der Waals surface area contributed by atoms with Crippen LogP contribution < -0.4 is 10.6 Å². The molecule has 0 bridgehead atoms. The summed E-state index contributed by atoms with van der Waals surface area (Å²) in [6, 6.07) is -0.0425. The quantitative estimate of drug-likeness (QED) is 0.470. The number of hydrogen-bond donors (Lipinski definition) is 2. The number of anilines is 1. The number of piperidine rings is 1. The number of carbonyl (C=O) groups is 1. The lowest BCUT2D eigenvalue weighted by atomic mass is 10.00. The Bertz CT molecular complexity index is 1120. The molecule has 1 aromatic heterocycles. The van der Waals surface area contributed by atoms with E-state index in [1.165, 1.54) is 18.6 Å². The monoisotopic (exact) mass is 582 g/mol. The van der Waals surface area contributed by atoms with Gasteiger partial charge in [-0.2, -0.15) is 13.2 Å². The van der Waals surface area contributed by atoms with Crippen LogP contribution in [0.4, 0.5) is 23.4 Å². The number of hydrogen-bond acceptors (Lipinski definition) is 8. The van der Waals surface area contributed by atoms with E-state index in [4.69, 9.17) is 9.47 Å². The second kappa shape index (κ2) is 13.0. The van der Waals surface area contributed by atoms with Gasteiger partial charge in [-0.15, -0.1) is 0 Å². The number of ether oxygens (including phenoxy) is 2. The molecule has 0 spiro atoms. The number of rotatable bonds is 7. The van der Waals surface area contributed by atoms with E-state index in [1.807, 2.05) is 6.92 Å². The molecule has 0 aliphatic carbocycles. The van der Waals surface area contributed by atoms with Crippen LogP contribution in [0.1, 0.15) is 54.6 Å². The van der Waals surface area contributed by atoms with Gasteiger partial charge in [-0.3, -0.25) is 4.79 Å². The summed E-state index contributed by atoms with van der Waals surface area (Å²) in [4.78, 5) is 25.5. The maximum atomic E-state index is 14.1. The highest BCUT2D eigenvalue weighted by Gasteiger charge is 2.35. The normalized spacial score (nSPS) is 28.0. The molecule has 5 rings (SSSR count). The number of allylic oxidation sites excluding steroid dienone is 2. The van der Waals surface area contributed by atoms with E-state index in [2.05, 4.69) is 20.6 Å². The lowest BCUT2D eigenvalue weighted by Crippen LogP contribution is -2.52. The van der Waals surface area contributed by atoms with E-state index in [9.17, 15) is 22.4 Å². The highest BCUT2D eigenvalue weighted by atomic mass is 19.4. The summed E-state index contributed by atoms with van der Waals surface area (Å²) in [5, 5.41) is 6.70. The minimum atomic E-state index is -4.35. The summed E-state index contributed by atoms with van der Waals surface area (Å²) in [5.41, 5.74) is 0.352. The van der Waals surface area contributed by atoms with Gasteiger partial charge in [-0.05, 0) is 51.5 Å². The zero-order chi connectivity index (χ0) is 29.0. The molecule has 2 unspecified atom stereocenters. The molecule has 1 amide bonds. The van der Waals surface area contributed by atoms with Gasteiger partial charge < -0.3 is 29.9 Å². The average Bonchev–Trinajstić information content (AvgIpc) is 2.98. The predicted molar refractivity (Wildman–Crippen MR) is 144 cm³/mol. The Labute approximate surface area is 237 Å². The highest BCUT2D eigenvalue weighted by Crippen LogP contribution is 2.31. The number of nitrogens with zero attached hydrogens (tertiary/aromatic N) is 4. The fourth-order valence-corrected chi connectivity index (χ4v) is 5.85. The number of alkyl halides is 4. The largest absolute Gasteiger partial charge is 0.416 e. The first-order chi connectivity index (χ1) is 19.7. The van der Waals surface area contributed by atoms with Crippen molar-refractivity contribution in [3.05, 3.63) is 41.5 Å². The summed E-state index contributed by atoms with van der Waals surface area (Å²) >= 11 is 0. The summed E-state index contributed by atoms with van der Waals surface area (Å²) in [5.74, 6) is 0.396. The first-order valence-corrected chi connectivity index (χ1v) is 14.4. The minimum Gasteiger partial charge on any atom is -0.378 e. The third-order valence-corrected chi connectivity index (χ3v) is 8.29. The number of amides is 1. The van der Waals surface area contributed by atoms with Crippen LogP contribution in [0, 0.1) is 6.92 Å². The highest BCUT2D eigenvalue weighted by molar-refractivity contribution is 5.94. The van der Waals surface area contributed by atoms with E-state index < -0.39 is 17.9 Å². The van der Waals surface area contributed by atoms with Crippen molar-refractivity contribution in [2.75, 3.05) is 44.7 Å². The fourth-order valence-electron chi connectivity index (χ4n) is 5.85. The van der Waals surface area contributed by atoms with Crippen molar-refractivity contribution >= 4 is 11.7 Å². The van der Waals surface area contributed by atoms with Gasteiger partial charge in [0.1, 0.15) is 30.2 Å². The average molecular weight is 583 g/mol. The lowest BCUT2D eigenvalue weighted by molar-refractivity contribution is -0.108. The van der Waals surface area contributed by atoms with E-state index >= 15 is 0 Å².